The molecule has 1 saturated heterocycles. The van der Waals surface area contributed by atoms with Gasteiger partial charge < -0.3 is 10.1 Å². The maximum Gasteiger partial charge on any atom is 0.163 e. The van der Waals surface area contributed by atoms with E-state index in [9.17, 15) is 4.79 Å². The van der Waals surface area contributed by atoms with E-state index < -0.39 is 0 Å². The molecule has 1 rings (SSSR count). The largest absolute Gasteiger partial charge is 0.368 e. The van der Waals surface area contributed by atoms with Crippen LogP contribution in [-0.4, -0.2) is 31.6 Å². The standard InChI is InChI=1S/C11H21NO2/c1-3-4-9(2)7-10(13)11-8-12-5-6-14-11/h9,11-12H,3-8H2,1-2H3. The predicted octanol–water partition coefficient (Wildman–Crippen LogP) is 1.37. The molecule has 3 heteroatoms. The monoisotopic (exact) mass is 199 g/mol. The lowest BCUT2D eigenvalue weighted by Crippen LogP contribution is -2.43. The Morgan fingerprint density at radius 1 is 1.64 bits per heavy atom. The Bertz CT molecular complexity index is 176. The first-order valence-electron chi connectivity index (χ1n) is 5.59. The van der Waals surface area contributed by atoms with E-state index in [1.807, 2.05) is 0 Å². The van der Waals surface area contributed by atoms with Crippen LogP contribution in [0.1, 0.15) is 33.1 Å². The topological polar surface area (TPSA) is 38.3 Å². The van der Waals surface area contributed by atoms with Crippen molar-refractivity contribution in [2.24, 2.45) is 5.92 Å². The zero-order valence-corrected chi connectivity index (χ0v) is 9.21. The fourth-order valence-corrected chi connectivity index (χ4v) is 1.84. The van der Waals surface area contributed by atoms with Crippen LogP contribution in [-0.2, 0) is 9.53 Å². The molecule has 2 unspecified atom stereocenters. The van der Waals surface area contributed by atoms with Gasteiger partial charge in [-0.05, 0) is 5.92 Å². The Balaban J connectivity index is 2.25. The molecular weight excluding hydrogens is 178 g/mol. The van der Waals surface area contributed by atoms with Crippen LogP contribution in [0.5, 0.6) is 0 Å². The van der Waals surface area contributed by atoms with Gasteiger partial charge in [-0.3, -0.25) is 4.79 Å². The van der Waals surface area contributed by atoms with E-state index >= 15 is 0 Å². The van der Waals surface area contributed by atoms with Gasteiger partial charge in [0.15, 0.2) is 5.78 Å². The van der Waals surface area contributed by atoms with Crippen LogP contribution in [0.15, 0.2) is 0 Å². The predicted molar refractivity (Wildman–Crippen MR) is 56.3 cm³/mol. The fourth-order valence-electron chi connectivity index (χ4n) is 1.84. The smallest absolute Gasteiger partial charge is 0.163 e. The molecule has 14 heavy (non-hydrogen) atoms. The molecule has 0 radical (unpaired) electrons. The summed E-state index contributed by atoms with van der Waals surface area (Å²) in [6.45, 7) is 6.52. The second kappa shape index (κ2) is 6.14. The number of carbonyl (C=O) groups excluding carboxylic acids is 1. The van der Waals surface area contributed by atoms with Gasteiger partial charge in [-0.15, -0.1) is 0 Å². The maximum absolute atomic E-state index is 11.7. The summed E-state index contributed by atoms with van der Waals surface area (Å²) in [7, 11) is 0. The fraction of sp³-hybridized carbons (Fsp3) is 0.909. The Morgan fingerprint density at radius 2 is 2.43 bits per heavy atom. The van der Waals surface area contributed by atoms with Crippen LogP contribution in [0.2, 0.25) is 0 Å². The number of ether oxygens (including phenoxy) is 1. The highest BCUT2D eigenvalue weighted by atomic mass is 16.5. The van der Waals surface area contributed by atoms with Gasteiger partial charge >= 0.3 is 0 Å². The molecule has 0 aromatic rings. The average molecular weight is 199 g/mol. The van der Waals surface area contributed by atoms with Crippen molar-refractivity contribution in [1.29, 1.82) is 0 Å². The second-order valence-electron chi connectivity index (χ2n) is 4.13. The molecule has 1 heterocycles. The van der Waals surface area contributed by atoms with Crippen molar-refractivity contribution < 1.29 is 9.53 Å². The molecule has 0 aromatic heterocycles. The summed E-state index contributed by atoms with van der Waals surface area (Å²) < 4.78 is 5.41. The molecule has 1 aliphatic heterocycles. The Kier molecular flexibility index (Phi) is 5.12. The number of morpholine rings is 1. The molecule has 0 saturated carbocycles. The lowest BCUT2D eigenvalue weighted by molar-refractivity contribution is -0.132. The summed E-state index contributed by atoms with van der Waals surface area (Å²) in [5.74, 6) is 0.760. The number of hydrogen-bond donors (Lipinski definition) is 1. The summed E-state index contributed by atoms with van der Waals surface area (Å²) >= 11 is 0. The number of hydrogen-bond acceptors (Lipinski definition) is 3. The molecular formula is C11H21NO2. The minimum Gasteiger partial charge on any atom is -0.368 e. The molecule has 0 aliphatic carbocycles. The molecule has 2 atom stereocenters. The van der Waals surface area contributed by atoms with E-state index in [1.165, 1.54) is 0 Å². The number of rotatable bonds is 5. The van der Waals surface area contributed by atoms with Crippen molar-refractivity contribution in [3.63, 3.8) is 0 Å². The third-order valence-corrected chi connectivity index (χ3v) is 2.62. The normalized spacial score (nSPS) is 24.6. The Labute approximate surface area is 86.2 Å². The summed E-state index contributed by atoms with van der Waals surface area (Å²) in [5, 5.41) is 3.18. The molecule has 82 valence electrons. The van der Waals surface area contributed by atoms with Crippen molar-refractivity contribution in [1.82, 2.24) is 5.32 Å². The van der Waals surface area contributed by atoms with Crippen molar-refractivity contribution in [3.05, 3.63) is 0 Å². The summed E-state index contributed by atoms with van der Waals surface area (Å²) in [6, 6.07) is 0. The maximum atomic E-state index is 11.7. The van der Waals surface area contributed by atoms with Crippen LogP contribution >= 0.6 is 0 Å². The number of nitrogens with one attached hydrogen (secondary N) is 1. The first-order chi connectivity index (χ1) is 6.74. The molecule has 1 aliphatic rings. The summed E-state index contributed by atoms with van der Waals surface area (Å²) in [4.78, 5) is 11.7. The first-order valence-corrected chi connectivity index (χ1v) is 5.59. The minimum absolute atomic E-state index is 0.192. The quantitative estimate of drug-likeness (QED) is 0.726. The minimum atomic E-state index is -0.192. The van der Waals surface area contributed by atoms with Crippen LogP contribution in [0.3, 0.4) is 0 Å². The number of ketones is 1. The van der Waals surface area contributed by atoms with Gasteiger partial charge in [0.25, 0.3) is 0 Å². The Morgan fingerprint density at radius 3 is 3.00 bits per heavy atom. The van der Waals surface area contributed by atoms with Crippen molar-refractivity contribution in [2.75, 3.05) is 19.7 Å². The van der Waals surface area contributed by atoms with E-state index in [2.05, 4.69) is 19.2 Å². The molecule has 0 bridgehead atoms. The van der Waals surface area contributed by atoms with Crippen molar-refractivity contribution in [3.8, 4) is 0 Å². The molecule has 0 spiro atoms. The van der Waals surface area contributed by atoms with E-state index in [-0.39, 0.29) is 11.9 Å². The first kappa shape index (κ1) is 11.7. The summed E-state index contributed by atoms with van der Waals surface area (Å²) in [5.41, 5.74) is 0. The van der Waals surface area contributed by atoms with E-state index in [1.54, 1.807) is 0 Å². The highest BCUT2D eigenvalue weighted by molar-refractivity contribution is 5.83. The van der Waals surface area contributed by atoms with Gasteiger partial charge in [-0.25, -0.2) is 0 Å². The molecule has 1 N–H and O–H groups in total. The van der Waals surface area contributed by atoms with E-state index in [4.69, 9.17) is 4.74 Å². The zero-order chi connectivity index (χ0) is 10.4. The van der Waals surface area contributed by atoms with Crippen LogP contribution in [0.25, 0.3) is 0 Å². The molecule has 0 amide bonds. The molecule has 3 nitrogen and oxygen atoms in total. The van der Waals surface area contributed by atoms with Gasteiger partial charge in [-0.2, -0.15) is 0 Å². The molecule has 0 aromatic carbocycles. The van der Waals surface area contributed by atoms with Crippen molar-refractivity contribution in [2.45, 2.75) is 39.2 Å². The SMILES string of the molecule is CCCC(C)CC(=O)C1CNCCO1. The zero-order valence-electron chi connectivity index (χ0n) is 9.21. The average Bonchev–Trinajstić information content (AvgIpc) is 2.19. The lowest BCUT2D eigenvalue weighted by atomic mass is 9.97. The molecule has 1 fully saturated rings. The number of Topliss-reactive ketones (excluding diaryl/α,β-unsaturated/α-hetero) is 1. The summed E-state index contributed by atoms with van der Waals surface area (Å²) in [6.07, 6.45) is 2.76. The Hall–Kier alpha value is -0.410. The van der Waals surface area contributed by atoms with Gasteiger partial charge in [0.2, 0.25) is 0 Å². The van der Waals surface area contributed by atoms with Crippen LogP contribution in [0, 0.1) is 5.92 Å². The van der Waals surface area contributed by atoms with Gasteiger partial charge in [0, 0.05) is 19.5 Å². The van der Waals surface area contributed by atoms with E-state index in [0.717, 1.165) is 19.4 Å². The van der Waals surface area contributed by atoms with Gasteiger partial charge in [-0.1, -0.05) is 26.7 Å². The van der Waals surface area contributed by atoms with E-state index in [0.29, 0.717) is 25.5 Å². The lowest BCUT2D eigenvalue weighted by Gasteiger charge is -2.23. The highest BCUT2D eigenvalue weighted by Crippen LogP contribution is 2.13. The van der Waals surface area contributed by atoms with Crippen molar-refractivity contribution >= 4 is 5.78 Å². The number of carbonyl (C=O) groups is 1. The third kappa shape index (κ3) is 3.76. The van der Waals surface area contributed by atoms with Crippen LogP contribution in [0.4, 0.5) is 0 Å². The third-order valence-electron chi connectivity index (χ3n) is 2.62. The second-order valence-corrected chi connectivity index (χ2v) is 4.13. The van der Waals surface area contributed by atoms with Crippen LogP contribution < -0.4 is 5.32 Å². The van der Waals surface area contributed by atoms with Gasteiger partial charge in [0.05, 0.1) is 6.61 Å². The van der Waals surface area contributed by atoms with Gasteiger partial charge in [0.1, 0.15) is 6.10 Å². The highest BCUT2D eigenvalue weighted by Gasteiger charge is 2.22.